The number of carbonyl (C=O) groups is 1. The number of nitrogens with zero attached hydrogens (tertiary/aromatic N) is 3. The summed E-state index contributed by atoms with van der Waals surface area (Å²) in [5, 5.41) is 0. The predicted molar refractivity (Wildman–Crippen MR) is 129 cm³/mol. The lowest BCUT2D eigenvalue weighted by molar-refractivity contribution is 0.00578. The van der Waals surface area contributed by atoms with E-state index in [-0.39, 0.29) is 23.3 Å². The maximum absolute atomic E-state index is 12.7. The van der Waals surface area contributed by atoms with E-state index in [9.17, 15) is 4.79 Å². The van der Waals surface area contributed by atoms with Gasteiger partial charge in [-0.1, -0.05) is 24.3 Å². The van der Waals surface area contributed by atoms with Crippen LogP contribution in [0.25, 0.3) is 11.3 Å². The number of H-pyrrole nitrogens is 1. The molecule has 2 aliphatic heterocycles. The number of hydrogen-bond donors (Lipinski definition) is 1. The van der Waals surface area contributed by atoms with Gasteiger partial charge in [0.2, 0.25) is 0 Å². The Labute approximate surface area is 199 Å². The van der Waals surface area contributed by atoms with Crippen LogP contribution in [0.15, 0.2) is 55.0 Å². The van der Waals surface area contributed by atoms with Gasteiger partial charge in [-0.15, -0.1) is 0 Å². The number of carbonyl (C=O) groups excluding carboxylic acids is 1. The number of nitrogens with one attached hydrogen (secondary N) is 1. The monoisotopic (exact) mass is 460 g/mol. The van der Waals surface area contributed by atoms with Crippen molar-refractivity contribution in [1.29, 1.82) is 0 Å². The van der Waals surface area contributed by atoms with Gasteiger partial charge < -0.3 is 19.0 Å². The molecule has 5 rings (SSSR count). The largest absolute Gasteiger partial charge is 0.494 e. The molecule has 2 fully saturated rings. The van der Waals surface area contributed by atoms with Gasteiger partial charge in [0.05, 0.1) is 35.3 Å². The van der Waals surface area contributed by atoms with E-state index in [4.69, 9.17) is 14.0 Å². The molecule has 3 aromatic rings. The summed E-state index contributed by atoms with van der Waals surface area (Å²) >= 11 is 0. The van der Waals surface area contributed by atoms with Gasteiger partial charge in [-0.25, -0.2) is 9.78 Å². The van der Waals surface area contributed by atoms with Crippen LogP contribution in [0.3, 0.4) is 0 Å². The predicted octanol–water partition coefficient (Wildman–Crippen LogP) is 4.11. The molecule has 1 atom stereocenters. The van der Waals surface area contributed by atoms with Crippen LogP contribution in [0, 0.1) is 0 Å². The van der Waals surface area contributed by atoms with Crippen LogP contribution in [0.1, 0.15) is 52.4 Å². The van der Waals surface area contributed by atoms with Crippen molar-refractivity contribution in [2.24, 2.45) is 0 Å². The Balaban J connectivity index is 1.29. The smallest absolute Gasteiger partial charge is 0.409 e. The first-order valence-corrected chi connectivity index (χ1v) is 11.6. The Morgan fingerprint density at radius 3 is 2.53 bits per heavy atom. The fourth-order valence-electron chi connectivity index (χ4n) is 4.29. The molecule has 0 bridgehead atoms. The van der Waals surface area contributed by atoms with Crippen LogP contribution in [0.5, 0.6) is 5.75 Å². The summed E-state index contributed by atoms with van der Waals surface area (Å²) in [5.41, 5.74) is 2.12. The fourth-order valence-corrected chi connectivity index (χ4v) is 4.29. The number of rotatable bonds is 4. The van der Waals surface area contributed by atoms with Gasteiger partial charge in [0.25, 0.3) is 0 Å². The molecule has 1 aromatic carbocycles. The molecular formula is C25H29BN4O4. The first kappa shape index (κ1) is 22.6. The molecule has 2 aliphatic rings. The standard InChI is InChI=1S/C25H29BN4O4/c1-24(2)25(3,4)34-26(33-24)18-11-9-17(10-12-18)20-16-28-22(29-20)21-8-6-14-30(21)23(31)32-19-7-5-13-27-15-19/h5,7,9-13,15-16,21H,6,8,14H2,1-4H3,(H,28,29)/t21-/m0/s1. The molecule has 0 unspecified atom stereocenters. The zero-order valence-corrected chi connectivity index (χ0v) is 19.9. The zero-order chi connectivity index (χ0) is 23.9. The van der Waals surface area contributed by atoms with Crippen molar-refractivity contribution in [3.05, 3.63) is 60.8 Å². The summed E-state index contributed by atoms with van der Waals surface area (Å²) in [6.07, 6.45) is 6.31. The van der Waals surface area contributed by atoms with Crippen LogP contribution < -0.4 is 10.2 Å². The molecule has 2 aromatic heterocycles. The maximum Gasteiger partial charge on any atom is 0.494 e. The van der Waals surface area contributed by atoms with Crippen LogP contribution >= 0.6 is 0 Å². The maximum atomic E-state index is 12.7. The van der Waals surface area contributed by atoms with Crippen LogP contribution in [0.4, 0.5) is 4.79 Å². The van der Waals surface area contributed by atoms with E-state index in [1.165, 1.54) is 6.20 Å². The topological polar surface area (TPSA) is 89.6 Å². The van der Waals surface area contributed by atoms with E-state index in [2.05, 4.69) is 15.0 Å². The number of aromatic nitrogens is 3. The second-order valence-corrected chi connectivity index (χ2v) is 9.80. The third-order valence-corrected chi connectivity index (χ3v) is 6.99. The molecule has 34 heavy (non-hydrogen) atoms. The van der Waals surface area contributed by atoms with Crippen molar-refractivity contribution < 1.29 is 18.8 Å². The van der Waals surface area contributed by atoms with E-state index < -0.39 is 7.12 Å². The number of likely N-dealkylation sites (tertiary alicyclic amines) is 1. The van der Waals surface area contributed by atoms with Crippen LogP contribution in [0.2, 0.25) is 0 Å². The molecule has 8 nitrogen and oxygen atoms in total. The Morgan fingerprint density at radius 2 is 1.85 bits per heavy atom. The molecule has 0 radical (unpaired) electrons. The van der Waals surface area contributed by atoms with Crippen LogP contribution in [-0.2, 0) is 9.31 Å². The van der Waals surface area contributed by atoms with Crippen molar-refractivity contribution in [1.82, 2.24) is 19.9 Å². The number of hydrogen-bond acceptors (Lipinski definition) is 6. The summed E-state index contributed by atoms with van der Waals surface area (Å²) in [5.74, 6) is 1.19. The van der Waals surface area contributed by atoms with Crippen molar-refractivity contribution >= 4 is 18.7 Å². The van der Waals surface area contributed by atoms with Crippen molar-refractivity contribution in [3.63, 3.8) is 0 Å². The van der Waals surface area contributed by atoms with E-state index in [1.54, 1.807) is 23.2 Å². The number of imidazole rings is 1. The highest BCUT2D eigenvalue weighted by Gasteiger charge is 2.51. The number of amides is 1. The summed E-state index contributed by atoms with van der Waals surface area (Å²) in [6, 6.07) is 11.4. The van der Waals surface area contributed by atoms with Gasteiger partial charge in [0.15, 0.2) is 5.75 Å². The normalized spacial score (nSPS) is 21.1. The molecule has 1 amide bonds. The average molecular weight is 460 g/mol. The van der Waals surface area contributed by atoms with Crippen LogP contribution in [-0.4, -0.2) is 50.8 Å². The van der Waals surface area contributed by atoms with Gasteiger partial charge in [-0.05, 0) is 63.7 Å². The Kier molecular flexibility index (Phi) is 5.69. The Morgan fingerprint density at radius 1 is 1.12 bits per heavy atom. The summed E-state index contributed by atoms with van der Waals surface area (Å²) in [6.45, 7) is 8.82. The summed E-state index contributed by atoms with van der Waals surface area (Å²) in [7, 11) is -0.394. The van der Waals surface area contributed by atoms with Gasteiger partial charge in [-0.3, -0.25) is 9.88 Å². The Bertz CT molecular complexity index is 1150. The molecule has 9 heteroatoms. The molecular weight excluding hydrogens is 431 g/mol. The number of ether oxygens (including phenoxy) is 1. The Hall–Kier alpha value is -3.17. The van der Waals surface area contributed by atoms with E-state index >= 15 is 0 Å². The molecule has 2 saturated heterocycles. The average Bonchev–Trinajstić information content (AvgIpc) is 3.52. The van der Waals surface area contributed by atoms with Crippen molar-refractivity contribution in [2.75, 3.05) is 6.54 Å². The van der Waals surface area contributed by atoms with Gasteiger partial charge in [-0.2, -0.15) is 0 Å². The summed E-state index contributed by atoms with van der Waals surface area (Å²) < 4.78 is 17.8. The molecule has 0 aliphatic carbocycles. The summed E-state index contributed by atoms with van der Waals surface area (Å²) in [4.78, 5) is 26.4. The second kappa shape index (κ2) is 8.56. The van der Waals surface area contributed by atoms with Crippen molar-refractivity contribution in [3.8, 4) is 17.0 Å². The number of aromatic amines is 1. The number of benzene rings is 1. The van der Waals surface area contributed by atoms with E-state index in [0.29, 0.717) is 12.3 Å². The lowest BCUT2D eigenvalue weighted by Crippen LogP contribution is -2.41. The quantitative estimate of drug-likeness (QED) is 0.590. The molecule has 1 N–H and O–H groups in total. The van der Waals surface area contributed by atoms with E-state index in [0.717, 1.165) is 35.4 Å². The lowest BCUT2D eigenvalue weighted by atomic mass is 9.79. The van der Waals surface area contributed by atoms with Gasteiger partial charge >= 0.3 is 13.2 Å². The van der Waals surface area contributed by atoms with Gasteiger partial charge in [0, 0.05) is 12.7 Å². The first-order chi connectivity index (χ1) is 16.2. The molecule has 0 spiro atoms. The SMILES string of the molecule is CC1(C)OB(c2ccc(-c3cnc([C@@H]4CCCN4C(=O)Oc4cccnc4)[nH]3)cc2)OC1(C)C. The van der Waals surface area contributed by atoms with Crippen molar-refractivity contribution in [2.45, 2.75) is 57.8 Å². The minimum atomic E-state index is -0.394. The van der Waals surface area contributed by atoms with Gasteiger partial charge in [0.1, 0.15) is 5.82 Å². The highest BCUT2D eigenvalue weighted by atomic mass is 16.7. The fraction of sp³-hybridized carbons (Fsp3) is 0.400. The first-order valence-electron chi connectivity index (χ1n) is 11.6. The zero-order valence-electron chi connectivity index (χ0n) is 19.9. The van der Waals surface area contributed by atoms with E-state index in [1.807, 2.05) is 58.2 Å². The highest BCUT2D eigenvalue weighted by molar-refractivity contribution is 6.62. The third-order valence-electron chi connectivity index (χ3n) is 6.99. The molecule has 4 heterocycles. The number of pyridine rings is 1. The minimum Gasteiger partial charge on any atom is -0.409 e. The molecule has 176 valence electrons. The third kappa shape index (κ3) is 4.21. The minimum absolute atomic E-state index is 0.151. The second-order valence-electron chi connectivity index (χ2n) is 9.80. The molecule has 0 saturated carbocycles. The highest BCUT2D eigenvalue weighted by Crippen LogP contribution is 2.37. The lowest BCUT2D eigenvalue weighted by Gasteiger charge is -2.32.